The molecule has 4 heteroatoms. The minimum Gasteiger partial charge on any atom is -0.379 e. The first-order valence-corrected chi connectivity index (χ1v) is 7.66. The fraction of sp³-hybridized carbons (Fsp3) is 0.688. The maximum absolute atomic E-state index is 5.54. The summed E-state index contributed by atoms with van der Waals surface area (Å²) in [5.74, 6) is 0. The van der Waals surface area contributed by atoms with Crippen molar-refractivity contribution in [3.8, 4) is 0 Å². The van der Waals surface area contributed by atoms with Gasteiger partial charge < -0.3 is 14.8 Å². The second-order valence-corrected chi connectivity index (χ2v) is 4.85. The summed E-state index contributed by atoms with van der Waals surface area (Å²) in [6.45, 7) is 8.93. The Morgan fingerprint density at radius 2 is 1.90 bits per heavy atom. The van der Waals surface area contributed by atoms with Crippen LogP contribution in [0.5, 0.6) is 0 Å². The molecule has 0 saturated carbocycles. The quantitative estimate of drug-likeness (QED) is 0.598. The van der Waals surface area contributed by atoms with Gasteiger partial charge in [-0.15, -0.1) is 0 Å². The molecule has 0 fully saturated rings. The van der Waals surface area contributed by atoms with Crippen LogP contribution in [-0.4, -0.2) is 31.3 Å². The molecule has 1 N–H and O–H groups in total. The van der Waals surface area contributed by atoms with Gasteiger partial charge >= 0.3 is 0 Å². The lowest BCUT2D eigenvalue weighted by atomic mass is 10.2. The molecule has 0 spiro atoms. The Hall–Kier alpha value is -0.970. The zero-order valence-electron chi connectivity index (χ0n) is 12.9. The van der Waals surface area contributed by atoms with E-state index in [4.69, 9.17) is 9.47 Å². The highest BCUT2D eigenvalue weighted by molar-refractivity contribution is 5.13. The van der Waals surface area contributed by atoms with Crippen molar-refractivity contribution in [3.63, 3.8) is 0 Å². The maximum Gasteiger partial charge on any atom is 0.0889 e. The van der Waals surface area contributed by atoms with Crippen LogP contribution in [-0.2, 0) is 22.6 Å². The molecule has 0 aliphatic heterocycles. The van der Waals surface area contributed by atoms with E-state index in [-0.39, 0.29) is 0 Å². The van der Waals surface area contributed by atoms with Crippen molar-refractivity contribution in [1.29, 1.82) is 0 Å². The lowest BCUT2D eigenvalue weighted by Gasteiger charge is -2.06. The van der Waals surface area contributed by atoms with Crippen LogP contribution in [0.3, 0.4) is 0 Å². The number of aromatic nitrogens is 1. The SMILES string of the molecule is CCCCOCCOCc1ccc(CNCCC)cn1. The summed E-state index contributed by atoms with van der Waals surface area (Å²) < 4.78 is 11.0. The third-order valence-corrected chi connectivity index (χ3v) is 2.91. The Morgan fingerprint density at radius 3 is 2.60 bits per heavy atom. The average Bonchev–Trinajstić information content (AvgIpc) is 2.48. The molecule has 20 heavy (non-hydrogen) atoms. The molecule has 0 aromatic carbocycles. The van der Waals surface area contributed by atoms with Crippen molar-refractivity contribution >= 4 is 0 Å². The van der Waals surface area contributed by atoms with Crippen LogP contribution in [0, 0.1) is 0 Å². The lowest BCUT2D eigenvalue weighted by Crippen LogP contribution is -2.14. The maximum atomic E-state index is 5.54. The third-order valence-electron chi connectivity index (χ3n) is 2.91. The summed E-state index contributed by atoms with van der Waals surface area (Å²) >= 11 is 0. The van der Waals surface area contributed by atoms with Crippen molar-refractivity contribution < 1.29 is 9.47 Å². The number of rotatable bonds is 12. The van der Waals surface area contributed by atoms with Crippen LogP contribution in [0.2, 0.25) is 0 Å². The van der Waals surface area contributed by atoms with Crippen molar-refractivity contribution in [2.45, 2.75) is 46.3 Å². The van der Waals surface area contributed by atoms with Crippen molar-refractivity contribution in [1.82, 2.24) is 10.3 Å². The molecule has 0 radical (unpaired) electrons. The van der Waals surface area contributed by atoms with E-state index in [1.54, 1.807) is 0 Å². The lowest BCUT2D eigenvalue weighted by molar-refractivity contribution is 0.0386. The van der Waals surface area contributed by atoms with Crippen LogP contribution in [0.1, 0.15) is 44.4 Å². The van der Waals surface area contributed by atoms with Gasteiger partial charge in [0.05, 0.1) is 25.5 Å². The molecule has 1 aromatic rings. The minimum atomic E-state index is 0.555. The van der Waals surface area contributed by atoms with Gasteiger partial charge in [-0.2, -0.15) is 0 Å². The Bertz CT molecular complexity index is 328. The normalized spacial score (nSPS) is 10.9. The first kappa shape index (κ1) is 17.1. The molecule has 0 saturated heterocycles. The average molecular weight is 280 g/mol. The molecule has 0 aliphatic rings. The zero-order valence-corrected chi connectivity index (χ0v) is 12.9. The number of hydrogen-bond acceptors (Lipinski definition) is 4. The van der Waals surface area contributed by atoms with Gasteiger partial charge in [0, 0.05) is 19.3 Å². The highest BCUT2D eigenvalue weighted by Gasteiger charge is 1.97. The number of hydrogen-bond donors (Lipinski definition) is 1. The van der Waals surface area contributed by atoms with Gasteiger partial charge in [-0.1, -0.05) is 26.3 Å². The third kappa shape index (κ3) is 8.25. The molecule has 4 nitrogen and oxygen atoms in total. The minimum absolute atomic E-state index is 0.555. The Labute approximate surface area is 122 Å². The Morgan fingerprint density at radius 1 is 1.05 bits per heavy atom. The number of unbranched alkanes of at least 4 members (excludes halogenated alkanes) is 1. The Kier molecular flexibility index (Phi) is 10.1. The van der Waals surface area contributed by atoms with Gasteiger partial charge in [-0.25, -0.2) is 0 Å². The van der Waals surface area contributed by atoms with E-state index in [0.29, 0.717) is 19.8 Å². The van der Waals surface area contributed by atoms with E-state index in [0.717, 1.165) is 38.2 Å². The summed E-state index contributed by atoms with van der Waals surface area (Å²) in [5, 5.41) is 3.36. The van der Waals surface area contributed by atoms with Gasteiger partial charge in [-0.3, -0.25) is 4.98 Å². The van der Waals surface area contributed by atoms with Crippen LogP contribution in [0.25, 0.3) is 0 Å². The fourth-order valence-corrected chi connectivity index (χ4v) is 1.70. The summed E-state index contributed by atoms with van der Waals surface area (Å²) in [4.78, 5) is 4.40. The van der Waals surface area contributed by atoms with Crippen LogP contribution >= 0.6 is 0 Å². The monoisotopic (exact) mass is 280 g/mol. The predicted molar refractivity (Wildman–Crippen MR) is 81.6 cm³/mol. The topological polar surface area (TPSA) is 43.4 Å². The van der Waals surface area contributed by atoms with Gasteiger partial charge in [0.25, 0.3) is 0 Å². The molecule has 1 aromatic heterocycles. The van der Waals surface area contributed by atoms with Crippen molar-refractivity contribution in [3.05, 3.63) is 29.6 Å². The first-order valence-electron chi connectivity index (χ1n) is 7.66. The summed E-state index contributed by atoms with van der Waals surface area (Å²) in [5.41, 5.74) is 2.18. The van der Waals surface area contributed by atoms with Crippen LogP contribution < -0.4 is 5.32 Å². The van der Waals surface area contributed by atoms with Crippen LogP contribution in [0.15, 0.2) is 18.3 Å². The van der Waals surface area contributed by atoms with Crippen molar-refractivity contribution in [2.24, 2.45) is 0 Å². The van der Waals surface area contributed by atoms with Gasteiger partial charge in [0.2, 0.25) is 0 Å². The molecule has 114 valence electrons. The highest BCUT2D eigenvalue weighted by atomic mass is 16.5. The van der Waals surface area contributed by atoms with Gasteiger partial charge in [0.15, 0.2) is 0 Å². The molecular weight excluding hydrogens is 252 g/mol. The highest BCUT2D eigenvalue weighted by Crippen LogP contribution is 2.02. The second-order valence-electron chi connectivity index (χ2n) is 4.85. The molecule has 1 rings (SSSR count). The van der Waals surface area contributed by atoms with Gasteiger partial charge in [0.1, 0.15) is 0 Å². The number of pyridine rings is 1. The fourth-order valence-electron chi connectivity index (χ4n) is 1.70. The molecular formula is C16H28N2O2. The van der Waals surface area contributed by atoms with E-state index < -0.39 is 0 Å². The van der Waals surface area contributed by atoms with Crippen LogP contribution in [0.4, 0.5) is 0 Å². The first-order chi connectivity index (χ1) is 9.86. The largest absolute Gasteiger partial charge is 0.379 e. The smallest absolute Gasteiger partial charge is 0.0889 e. The van der Waals surface area contributed by atoms with E-state index in [9.17, 15) is 0 Å². The number of nitrogens with one attached hydrogen (secondary N) is 1. The molecule has 0 bridgehead atoms. The Balaban J connectivity index is 2.08. The summed E-state index contributed by atoms with van der Waals surface area (Å²) in [6, 6.07) is 4.13. The molecule has 0 atom stereocenters. The van der Waals surface area contributed by atoms with Crippen molar-refractivity contribution in [2.75, 3.05) is 26.4 Å². The number of ether oxygens (including phenoxy) is 2. The van der Waals surface area contributed by atoms with E-state index in [1.165, 1.54) is 12.0 Å². The number of nitrogens with zero attached hydrogens (tertiary/aromatic N) is 1. The molecule has 0 aliphatic carbocycles. The van der Waals surface area contributed by atoms with E-state index in [2.05, 4.69) is 30.2 Å². The second kappa shape index (κ2) is 11.8. The molecule has 0 amide bonds. The van der Waals surface area contributed by atoms with Gasteiger partial charge in [-0.05, 0) is 31.0 Å². The van der Waals surface area contributed by atoms with E-state index in [1.807, 2.05) is 12.3 Å². The predicted octanol–water partition coefficient (Wildman–Crippen LogP) is 2.91. The zero-order chi connectivity index (χ0) is 14.5. The standard InChI is InChI=1S/C16H28N2O2/c1-3-5-9-19-10-11-20-14-16-7-6-15(13-18-16)12-17-8-4-2/h6-7,13,17H,3-5,8-12,14H2,1-2H3. The molecule has 1 heterocycles. The summed E-state index contributed by atoms with van der Waals surface area (Å²) in [6.07, 6.45) is 5.36. The van der Waals surface area contributed by atoms with E-state index >= 15 is 0 Å². The molecule has 0 unspecified atom stereocenters. The summed E-state index contributed by atoms with van der Waals surface area (Å²) in [7, 11) is 0.